The van der Waals surface area contributed by atoms with E-state index >= 15 is 0 Å². The molecule has 0 radical (unpaired) electrons. The number of rotatable bonds is 3. The molecule has 2 N–H and O–H groups in total. The Kier molecular flexibility index (Phi) is 4.30. The highest BCUT2D eigenvalue weighted by molar-refractivity contribution is 5.85. The van der Waals surface area contributed by atoms with Crippen molar-refractivity contribution in [2.24, 2.45) is 0 Å². The Bertz CT molecular complexity index is 472. The fourth-order valence-electron chi connectivity index (χ4n) is 1.92. The topological polar surface area (TPSA) is 93.5 Å². The second-order valence-electron chi connectivity index (χ2n) is 4.31. The SMILES string of the molecule is O=C(Nc1cccc([N+](=O)[O-])c1)OC1CCCNC1. The number of hydrogen-bond donors (Lipinski definition) is 2. The standard InChI is InChI=1S/C12H15N3O4/c16-12(19-11-5-2-6-13-8-11)14-9-3-1-4-10(7-9)15(17)18/h1,3-4,7,11,13H,2,5-6,8H2,(H,14,16). The Morgan fingerprint density at radius 2 is 2.37 bits per heavy atom. The molecule has 1 atom stereocenters. The number of benzene rings is 1. The van der Waals surface area contributed by atoms with Crippen LogP contribution in [0, 0.1) is 10.1 Å². The minimum atomic E-state index is -0.589. The molecule has 1 heterocycles. The first-order valence-electron chi connectivity index (χ1n) is 6.08. The highest BCUT2D eigenvalue weighted by Gasteiger charge is 2.17. The molecule has 0 saturated carbocycles. The molecular weight excluding hydrogens is 250 g/mol. The van der Waals surface area contributed by atoms with Crippen molar-refractivity contribution < 1.29 is 14.5 Å². The van der Waals surface area contributed by atoms with Crippen LogP contribution < -0.4 is 10.6 Å². The summed E-state index contributed by atoms with van der Waals surface area (Å²) in [6.07, 6.45) is 1.06. The van der Waals surface area contributed by atoms with E-state index in [0.717, 1.165) is 19.4 Å². The number of nitro groups is 1. The van der Waals surface area contributed by atoms with Crippen LogP contribution in [0.1, 0.15) is 12.8 Å². The molecule has 1 unspecified atom stereocenters. The minimum absolute atomic E-state index is 0.0721. The highest BCUT2D eigenvalue weighted by Crippen LogP contribution is 2.17. The molecule has 19 heavy (non-hydrogen) atoms. The van der Waals surface area contributed by atoms with Crippen LogP contribution in [0.5, 0.6) is 0 Å². The number of nitrogens with one attached hydrogen (secondary N) is 2. The molecule has 1 aliphatic rings. The van der Waals surface area contributed by atoms with Gasteiger partial charge in [-0.3, -0.25) is 15.4 Å². The number of hydrogen-bond acceptors (Lipinski definition) is 5. The number of amides is 1. The van der Waals surface area contributed by atoms with Crippen LogP contribution in [-0.2, 0) is 4.74 Å². The maximum absolute atomic E-state index is 11.6. The summed E-state index contributed by atoms with van der Waals surface area (Å²) in [5.74, 6) is 0. The van der Waals surface area contributed by atoms with Crippen LogP contribution in [-0.4, -0.2) is 30.2 Å². The van der Waals surface area contributed by atoms with E-state index < -0.39 is 11.0 Å². The predicted octanol–water partition coefficient (Wildman–Crippen LogP) is 1.90. The number of carbonyl (C=O) groups is 1. The lowest BCUT2D eigenvalue weighted by molar-refractivity contribution is -0.384. The summed E-state index contributed by atoms with van der Waals surface area (Å²) in [6.45, 7) is 1.58. The Morgan fingerprint density at radius 3 is 3.05 bits per heavy atom. The van der Waals surface area contributed by atoms with Gasteiger partial charge >= 0.3 is 6.09 Å². The number of non-ortho nitro benzene ring substituents is 1. The maximum Gasteiger partial charge on any atom is 0.411 e. The third kappa shape index (κ3) is 3.92. The van der Waals surface area contributed by atoms with Gasteiger partial charge in [-0.1, -0.05) is 6.07 Å². The van der Waals surface area contributed by atoms with Crippen molar-refractivity contribution in [1.82, 2.24) is 5.32 Å². The van der Waals surface area contributed by atoms with Crippen LogP contribution in [0.15, 0.2) is 24.3 Å². The molecule has 0 bridgehead atoms. The molecule has 1 aromatic carbocycles. The van der Waals surface area contributed by atoms with Gasteiger partial charge in [-0.2, -0.15) is 0 Å². The number of anilines is 1. The maximum atomic E-state index is 11.6. The van der Waals surface area contributed by atoms with Crippen molar-refractivity contribution in [2.75, 3.05) is 18.4 Å². The molecule has 7 nitrogen and oxygen atoms in total. The largest absolute Gasteiger partial charge is 0.445 e. The molecule has 1 saturated heterocycles. The lowest BCUT2D eigenvalue weighted by atomic mass is 10.1. The summed E-state index contributed by atoms with van der Waals surface area (Å²) < 4.78 is 5.21. The van der Waals surface area contributed by atoms with Crippen molar-refractivity contribution in [3.8, 4) is 0 Å². The third-order valence-electron chi connectivity index (χ3n) is 2.83. The molecule has 2 rings (SSSR count). The Morgan fingerprint density at radius 1 is 1.53 bits per heavy atom. The third-order valence-corrected chi connectivity index (χ3v) is 2.83. The molecule has 1 aliphatic heterocycles. The average Bonchev–Trinajstić information content (AvgIpc) is 2.40. The Hall–Kier alpha value is -2.15. The Balaban J connectivity index is 1.90. The molecule has 0 spiro atoms. The quantitative estimate of drug-likeness (QED) is 0.643. The molecule has 1 amide bonds. The van der Waals surface area contributed by atoms with Gasteiger partial charge in [-0.05, 0) is 25.5 Å². The Labute approximate surface area is 110 Å². The number of nitrogens with zero attached hydrogens (tertiary/aromatic N) is 1. The summed E-state index contributed by atoms with van der Waals surface area (Å²) in [5.41, 5.74) is 0.278. The lowest BCUT2D eigenvalue weighted by Crippen LogP contribution is -2.37. The number of nitro benzene ring substituents is 1. The fourth-order valence-corrected chi connectivity index (χ4v) is 1.92. The van der Waals surface area contributed by atoms with Crippen molar-refractivity contribution in [3.63, 3.8) is 0 Å². The predicted molar refractivity (Wildman–Crippen MR) is 69.1 cm³/mol. The monoisotopic (exact) mass is 265 g/mol. The summed E-state index contributed by atoms with van der Waals surface area (Å²) >= 11 is 0. The van der Waals surface area contributed by atoms with Crippen LogP contribution in [0.3, 0.4) is 0 Å². The highest BCUT2D eigenvalue weighted by atomic mass is 16.6. The van der Waals surface area contributed by atoms with Gasteiger partial charge in [0.2, 0.25) is 0 Å². The van der Waals surface area contributed by atoms with E-state index in [1.54, 1.807) is 6.07 Å². The van der Waals surface area contributed by atoms with Gasteiger partial charge < -0.3 is 10.1 Å². The molecule has 1 fully saturated rings. The summed E-state index contributed by atoms with van der Waals surface area (Å²) in [6, 6.07) is 5.74. The van der Waals surface area contributed by atoms with Gasteiger partial charge in [0.05, 0.1) is 10.6 Å². The molecule has 0 aliphatic carbocycles. The summed E-state index contributed by atoms with van der Waals surface area (Å²) in [7, 11) is 0. The second kappa shape index (κ2) is 6.14. The van der Waals surface area contributed by atoms with Crippen LogP contribution in [0.25, 0.3) is 0 Å². The summed E-state index contributed by atoms with van der Waals surface area (Å²) in [5, 5.41) is 16.2. The normalized spacial score (nSPS) is 18.6. The van der Waals surface area contributed by atoms with E-state index in [2.05, 4.69) is 10.6 Å². The molecule has 102 valence electrons. The fraction of sp³-hybridized carbons (Fsp3) is 0.417. The van der Waals surface area contributed by atoms with Gasteiger partial charge in [-0.25, -0.2) is 4.79 Å². The van der Waals surface area contributed by atoms with Gasteiger partial charge in [0, 0.05) is 18.7 Å². The zero-order valence-electron chi connectivity index (χ0n) is 10.3. The average molecular weight is 265 g/mol. The van der Waals surface area contributed by atoms with E-state index in [1.165, 1.54) is 18.2 Å². The van der Waals surface area contributed by atoms with Crippen molar-refractivity contribution >= 4 is 17.5 Å². The smallest absolute Gasteiger partial charge is 0.411 e. The van der Waals surface area contributed by atoms with Gasteiger partial charge in [0.25, 0.3) is 5.69 Å². The van der Waals surface area contributed by atoms with Gasteiger partial charge in [-0.15, -0.1) is 0 Å². The number of carbonyl (C=O) groups excluding carboxylic acids is 1. The molecule has 1 aromatic rings. The van der Waals surface area contributed by atoms with Crippen LogP contribution in [0.4, 0.5) is 16.2 Å². The number of piperidine rings is 1. The van der Waals surface area contributed by atoms with E-state index in [0.29, 0.717) is 12.2 Å². The zero-order valence-corrected chi connectivity index (χ0v) is 10.3. The van der Waals surface area contributed by atoms with Crippen LogP contribution in [0.2, 0.25) is 0 Å². The minimum Gasteiger partial charge on any atom is -0.445 e. The first-order chi connectivity index (χ1) is 9.15. The molecular formula is C12H15N3O4. The second-order valence-corrected chi connectivity index (χ2v) is 4.31. The van der Waals surface area contributed by atoms with E-state index in [-0.39, 0.29) is 11.8 Å². The van der Waals surface area contributed by atoms with Crippen molar-refractivity contribution in [2.45, 2.75) is 18.9 Å². The van der Waals surface area contributed by atoms with Gasteiger partial charge in [0.15, 0.2) is 0 Å². The first kappa shape index (κ1) is 13.3. The van der Waals surface area contributed by atoms with E-state index in [9.17, 15) is 14.9 Å². The zero-order chi connectivity index (χ0) is 13.7. The van der Waals surface area contributed by atoms with Crippen LogP contribution >= 0.6 is 0 Å². The van der Waals surface area contributed by atoms with E-state index in [4.69, 9.17) is 4.74 Å². The lowest BCUT2D eigenvalue weighted by Gasteiger charge is -2.22. The summed E-state index contributed by atoms with van der Waals surface area (Å²) in [4.78, 5) is 21.7. The van der Waals surface area contributed by atoms with Crippen molar-refractivity contribution in [1.29, 1.82) is 0 Å². The molecule has 0 aromatic heterocycles. The van der Waals surface area contributed by atoms with E-state index in [1.807, 2.05) is 0 Å². The number of ether oxygens (including phenoxy) is 1. The van der Waals surface area contributed by atoms with Gasteiger partial charge in [0.1, 0.15) is 6.10 Å². The molecule has 7 heteroatoms. The first-order valence-corrected chi connectivity index (χ1v) is 6.08. The van der Waals surface area contributed by atoms with Crippen molar-refractivity contribution in [3.05, 3.63) is 34.4 Å².